The van der Waals surface area contributed by atoms with E-state index in [4.69, 9.17) is 10.2 Å². The molecule has 0 amide bonds. The molecular weight excluding hydrogens is 227 g/mol. The number of hydrogen-bond acceptors (Lipinski definition) is 2. The van der Waals surface area contributed by atoms with Gasteiger partial charge in [-0.2, -0.15) is 0 Å². The van der Waals surface area contributed by atoms with Crippen LogP contribution in [0.15, 0.2) is 16.6 Å². The second-order valence-electron chi connectivity index (χ2n) is 2.34. The summed E-state index contributed by atoms with van der Waals surface area (Å²) in [6.07, 6.45) is 0. The number of benzene rings is 1. The number of hydrogen-bond donors (Lipinski definition) is 2. The first-order valence-electron chi connectivity index (χ1n) is 3.37. The fourth-order valence-corrected chi connectivity index (χ4v) is 1.45. The Bertz CT molecular complexity index is 289. The van der Waals surface area contributed by atoms with Crippen molar-refractivity contribution < 1.29 is 14.6 Å². The molecule has 0 unspecified atom stereocenters. The van der Waals surface area contributed by atoms with Crippen molar-refractivity contribution in [3.8, 4) is 0 Å². The Kier molecular flexibility index (Phi) is 3.20. The second-order valence-corrected chi connectivity index (χ2v) is 3.26. The summed E-state index contributed by atoms with van der Waals surface area (Å²) in [7, 11) is 0. The highest BCUT2D eigenvalue weighted by atomic mass is 79.9. The number of halogens is 2. The van der Waals surface area contributed by atoms with Crippen LogP contribution in [0, 0.1) is 5.82 Å². The predicted molar refractivity (Wildman–Crippen MR) is 45.9 cm³/mol. The molecule has 0 spiro atoms. The van der Waals surface area contributed by atoms with E-state index in [9.17, 15) is 4.39 Å². The molecule has 2 nitrogen and oxygen atoms in total. The molecule has 0 aromatic heterocycles. The van der Waals surface area contributed by atoms with Crippen molar-refractivity contribution in [3.63, 3.8) is 0 Å². The SMILES string of the molecule is OCc1cc(Br)cc(F)c1CO. The van der Waals surface area contributed by atoms with Crippen LogP contribution in [0.25, 0.3) is 0 Å². The van der Waals surface area contributed by atoms with Gasteiger partial charge in [0.15, 0.2) is 0 Å². The minimum atomic E-state index is -0.504. The van der Waals surface area contributed by atoms with E-state index in [-0.39, 0.29) is 12.2 Å². The highest BCUT2D eigenvalue weighted by Gasteiger charge is 2.07. The molecule has 1 aromatic carbocycles. The van der Waals surface area contributed by atoms with Crippen molar-refractivity contribution in [1.82, 2.24) is 0 Å². The first-order valence-corrected chi connectivity index (χ1v) is 4.17. The zero-order valence-corrected chi connectivity index (χ0v) is 7.81. The van der Waals surface area contributed by atoms with Gasteiger partial charge >= 0.3 is 0 Å². The van der Waals surface area contributed by atoms with Gasteiger partial charge < -0.3 is 10.2 Å². The van der Waals surface area contributed by atoms with Crippen LogP contribution in [-0.4, -0.2) is 10.2 Å². The van der Waals surface area contributed by atoms with Crippen LogP contribution >= 0.6 is 15.9 Å². The molecule has 0 atom stereocenters. The third-order valence-electron chi connectivity index (χ3n) is 1.58. The summed E-state index contributed by atoms with van der Waals surface area (Å²) in [4.78, 5) is 0. The molecule has 66 valence electrons. The summed E-state index contributed by atoms with van der Waals surface area (Å²) in [6.45, 7) is -0.665. The molecule has 4 heteroatoms. The van der Waals surface area contributed by atoms with Crippen LogP contribution in [-0.2, 0) is 13.2 Å². The quantitative estimate of drug-likeness (QED) is 0.816. The average molecular weight is 235 g/mol. The number of rotatable bonds is 2. The molecule has 1 rings (SSSR count). The van der Waals surface area contributed by atoms with Gasteiger partial charge in [-0.3, -0.25) is 0 Å². The zero-order valence-electron chi connectivity index (χ0n) is 6.22. The summed E-state index contributed by atoms with van der Waals surface area (Å²) in [5.74, 6) is -0.504. The van der Waals surface area contributed by atoms with E-state index in [0.717, 1.165) is 0 Å². The molecule has 0 bridgehead atoms. The summed E-state index contributed by atoms with van der Waals surface area (Å²) in [5, 5.41) is 17.6. The monoisotopic (exact) mass is 234 g/mol. The molecule has 0 aliphatic rings. The summed E-state index contributed by atoms with van der Waals surface area (Å²) in [6, 6.07) is 2.83. The maximum absolute atomic E-state index is 13.0. The molecule has 0 fully saturated rings. The van der Waals surface area contributed by atoms with Crippen LogP contribution in [0.2, 0.25) is 0 Å². The van der Waals surface area contributed by atoms with E-state index in [2.05, 4.69) is 15.9 Å². The Labute approximate surface area is 77.8 Å². The minimum absolute atomic E-state index is 0.153. The molecule has 0 radical (unpaired) electrons. The van der Waals surface area contributed by atoms with Crippen molar-refractivity contribution in [3.05, 3.63) is 33.5 Å². The van der Waals surface area contributed by atoms with Gasteiger partial charge in [-0.15, -0.1) is 0 Å². The summed E-state index contributed by atoms with van der Waals surface area (Å²) >= 11 is 3.08. The van der Waals surface area contributed by atoms with Gasteiger partial charge in [0.25, 0.3) is 0 Å². The molecular formula is C8H8BrFO2. The fourth-order valence-electron chi connectivity index (χ4n) is 0.975. The van der Waals surface area contributed by atoms with Crippen LogP contribution in [0.3, 0.4) is 0 Å². The number of aliphatic hydroxyl groups excluding tert-OH is 2. The van der Waals surface area contributed by atoms with E-state index in [1.54, 1.807) is 6.07 Å². The van der Waals surface area contributed by atoms with Gasteiger partial charge in [0.1, 0.15) is 5.82 Å². The van der Waals surface area contributed by atoms with E-state index >= 15 is 0 Å². The molecule has 0 heterocycles. The van der Waals surface area contributed by atoms with E-state index < -0.39 is 12.4 Å². The van der Waals surface area contributed by atoms with E-state index in [0.29, 0.717) is 10.0 Å². The average Bonchev–Trinajstić information content (AvgIpc) is 2.03. The van der Waals surface area contributed by atoms with Crippen molar-refractivity contribution in [2.24, 2.45) is 0 Å². The zero-order chi connectivity index (χ0) is 9.14. The maximum atomic E-state index is 13.0. The predicted octanol–water partition coefficient (Wildman–Crippen LogP) is 1.57. The van der Waals surface area contributed by atoms with E-state index in [1.165, 1.54) is 6.07 Å². The first-order chi connectivity index (χ1) is 5.69. The second kappa shape index (κ2) is 3.98. The van der Waals surface area contributed by atoms with Gasteiger partial charge in [-0.1, -0.05) is 15.9 Å². The lowest BCUT2D eigenvalue weighted by Gasteiger charge is -2.06. The Morgan fingerprint density at radius 1 is 1.25 bits per heavy atom. The normalized spacial score (nSPS) is 10.3. The maximum Gasteiger partial charge on any atom is 0.130 e. The molecule has 0 saturated heterocycles. The topological polar surface area (TPSA) is 40.5 Å². The first kappa shape index (κ1) is 9.64. The molecule has 2 N–H and O–H groups in total. The summed E-state index contributed by atoms with van der Waals surface area (Å²) < 4.78 is 13.6. The third-order valence-corrected chi connectivity index (χ3v) is 2.04. The van der Waals surface area contributed by atoms with Crippen molar-refractivity contribution in [2.75, 3.05) is 0 Å². The highest BCUT2D eigenvalue weighted by molar-refractivity contribution is 9.10. The third kappa shape index (κ3) is 1.83. The van der Waals surface area contributed by atoms with Crippen LogP contribution < -0.4 is 0 Å². The molecule has 0 aliphatic heterocycles. The van der Waals surface area contributed by atoms with Gasteiger partial charge in [0.05, 0.1) is 13.2 Å². The minimum Gasteiger partial charge on any atom is -0.392 e. The van der Waals surface area contributed by atoms with Crippen molar-refractivity contribution in [1.29, 1.82) is 0 Å². The Hall–Kier alpha value is -0.450. The Morgan fingerprint density at radius 2 is 1.92 bits per heavy atom. The molecule has 1 aromatic rings. The van der Waals surface area contributed by atoms with E-state index in [1.807, 2.05) is 0 Å². The van der Waals surface area contributed by atoms with Crippen LogP contribution in [0.4, 0.5) is 4.39 Å². The lowest BCUT2D eigenvalue weighted by molar-refractivity contribution is 0.255. The smallest absolute Gasteiger partial charge is 0.130 e. The molecule has 0 aliphatic carbocycles. The highest BCUT2D eigenvalue weighted by Crippen LogP contribution is 2.20. The summed E-state index contributed by atoms with van der Waals surface area (Å²) in [5.41, 5.74) is 0.560. The van der Waals surface area contributed by atoms with Crippen molar-refractivity contribution in [2.45, 2.75) is 13.2 Å². The fraction of sp³-hybridized carbons (Fsp3) is 0.250. The molecule has 0 saturated carbocycles. The van der Waals surface area contributed by atoms with Gasteiger partial charge in [-0.05, 0) is 17.7 Å². The van der Waals surface area contributed by atoms with Crippen molar-refractivity contribution >= 4 is 15.9 Å². The Balaban J connectivity index is 3.24. The molecule has 12 heavy (non-hydrogen) atoms. The number of aliphatic hydroxyl groups is 2. The standard InChI is InChI=1S/C8H8BrFO2/c9-6-1-5(3-11)7(4-12)8(10)2-6/h1-2,11-12H,3-4H2. The largest absolute Gasteiger partial charge is 0.392 e. The lowest BCUT2D eigenvalue weighted by atomic mass is 10.1. The van der Waals surface area contributed by atoms with Crippen LogP contribution in [0.1, 0.15) is 11.1 Å². The lowest BCUT2D eigenvalue weighted by Crippen LogP contribution is -1.98. The van der Waals surface area contributed by atoms with Gasteiger partial charge in [0, 0.05) is 10.0 Å². The van der Waals surface area contributed by atoms with Crippen LogP contribution in [0.5, 0.6) is 0 Å². The van der Waals surface area contributed by atoms with Gasteiger partial charge in [0.2, 0.25) is 0 Å². The van der Waals surface area contributed by atoms with Gasteiger partial charge in [-0.25, -0.2) is 4.39 Å². The Morgan fingerprint density at radius 3 is 2.42 bits per heavy atom.